The molecule has 7 heteroatoms. The van der Waals surface area contributed by atoms with Gasteiger partial charge in [0.05, 0.1) is 19.3 Å². The van der Waals surface area contributed by atoms with Gasteiger partial charge < -0.3 is 0 Å². The van der Waals surface area contributed by atoms with Crippen molar-refractivity contribution in [3.05, 3.63) is 59.7 Å². The molecule has 0 unspecified atom stereocenters. The minimum atomic E-state index is 0.616. The number of nitrogens with zero attached hydrogens (tertiary/aromatic N) is 7. The Kier molecular flexibility index (Phi) is 4.56. The van der Waals surface area contributed by atoms with Gasteiger partial charge in [0.15, 0.2) is 5.82 Å². The number of rotatable bonds is 5. The van der Waals surface area contributed by atoms with Crippen LogP contribution < -0.4 is 0 Å². The third-order valence-corrected chi connectivity index (χ3v) is 4.93. The fourth-order valence-electron chi connectivity index (χ4n) is 3.49. The summed E-state index contributed by atoms with van der Waals surface area (Å²) in [5.74, 6) is 1.55. The summed E-state index contributed by atoms with van der Waals surface area (Å²) in [4.78, 5) is 2.44. The number of aryl methyl sites for hydroxylation is 1. The van der Waals surface area contributed by atoms with Crippen LogP contribution in [0.2, 0.25) is 0 Å². The van der Waals surface area contributed by atoms with E-state index >= 15 is 0 Å². The van der Waals surface area contributed by atoms with Gasteiger partial charge in [-0.05, 0) is 53.4 Å². The van der Waals surface area contributed by atoms with Crippen LogP contribution in [-0.2, 0) is 20.1 Å². The first-order chi connectivity index (χ1) is 12.3. The van der Waals surface area contributed by atoms with E-state index in [1.165, 1.54) is 11.1 Å². The van der Waals surface area contributed by atoms with Crippen molar-refractivity contribution in [1.82, 2.24) is 34.9 Å². The molecule has 1 aromatic carbocycles. The molecule has 25 heavy (non-hydrogen) atoms. The molecular weight excluding hydrogens is 314 g/mol. The lowest BCUT2D eigenvalue weighted by atomic mass is 9.91. The zero-order valence-corrected chi connectivity index (χ0v) is 14.5. The van der Waals surface area contributed by atoms with E-state index in [-0.39, 0.29) is 0 Å². The highest BCUT2D eigenvalue weighted by molar-refractivity contribution is 5.15. The van der Waals surface area contributed by atoms with Gasteiger partial charge >= 0.3 is 0 Å². The zero-order valence-electron chi connectivity index (χ0n) is 14.5. The molecule has 1 saturated heterocycles. The van der Waals surface area contributed by atoms with E-state index in [2.05, 4.69) is 43.9 Å². The molecule has 4 rings (SSSR count). The Bertz CT molecular complexity index is 800. The number of tetrazole rings is 1. The van der Waals surface area contributed by atoms with Crippen molar-refractivity contribution < 1.29 is 0 Å². The Hall–Kier alpha value is -2.54. The second-order valence-corrected chi connectivity index (χ2v) is 6.74. The number of aromatic nitrogens is 6. The van der Waals surface area contributed by atoms with Crippen LogP contribution in [-0.4, -0.2) is 48.0 Å². The normalized spacial score (nSPS) is 16.4. The number of hydrogen-bond acceptors (Lipinski definition) is 5. The van der Waals surface area contributed by atoms with Gasteiger partial charge in [0, 0.05) is 13.2 Å². The van der Waals surface area contributed by atoms with Crippen molar-refractivity contribution in [1.29, 1.82) is 0 Å². The number of hydrogen-bond donors (Lipinski definition) is 0. The van der Waals surface area contributed by atoms with Gasteiger partial charge in [-0.25, -0.2) is 4.68 Å². The molecule has 1 aliphatic rings. The first-order valence-electron chi connectivity index (χ1n) is 8.78. The molecule has 7 nitrogen and oxygen atoms in total. The van der Waals surface area contributed by atoms with Crippen LogP contribution in [0.3, 0.4) is 0 Å². The molecular formula is C18H23N7. The minimum absolute atomic E-state index is 0.616. The van der Waals surface area contributed by atoms with Gasteiger partial charge in [-0.1, -0.05) is 30.3 Å². The molecule has 0 radical (unpaired) electrons. The van der Waals surface area contributed by atoms with Crippen molar-refractivity contribution in [3.63, 3.8) is 0 Å². The average Bonchev–Trinajstić information content (AvgIpc) is 3.26. The van der Waals surface area contributed by atoms with E-state index in [9.17, 15) is 0 Å². The van der Waals surface area contributed by atoms with E-state index < -0.39 is 0 Å². The maximum absolute atomic E-state index is 4.30. The van der Waals surface area contributed by atoms with Crippen LogP contribution in [0.5, 0.6) is 0 Å². The summed E-state index contributed by atoms with van der Waals surface area (Å²) < 4.78 is 3.79. The van der Waals surface area contributed by atoms with Crippen molar-refractivity contribution in [2.45, 2.75) is 31.8 Å². The van der Waals surface area contributed by atoms with E-state index in [1.54, 1.807) is 0 Å². The average molecular weight is 337 g/mol. The minimum Gasteiger partial charge on any atom is -0.296 e. The predicted molar refractivity (Wildman–Crippen MR) is 93.8 cm³/mol. The number of benzene rings is 1. The van der Waals surface area contributed by atoms with E-state index in [0.29, 0.717) is 5.92 Å². The lowest BCUT2D eigenvalue weighted by Gasteiger charge is -2.31. The molecule has 130 valence electrons. The summed E-state index contributed by atoms with van der Waals surface area (Å²) >= 11 is 0. The van der Waals surface area contributed by atoms with Crippen molar-refractivity contribution >= 4 is 0 Å². The Morgan fingerprint density at radius 3 is 2.60 bits per heavy atom. The highest BCUT2D eigenvalue weighted by Gasteiger charge is 2.23. The molecule has 0 amide bonds. The second kappa shape index (κ2) is 7.14. The second-order valence-electron chi connectivity index (χ2n) is 6.74. The summed E-state index contributed by atoms with van der Waals surface area (Å²) in [6.45, 7) is 3.66. The third kappa shape index (κ3) is 3.76. The highest BCUT2D eigenvalue weighted by atomic mass is 15.5. The van der Waals surface area contributed by atoms with Crippen molar-refractivity contribution in [2.24, 2.45) is 7.05 Å². The van der Waals surface area contributed by atoms with Crippen molar-refractivity contribution in [2.75, 3.05) is 13.1 Å². The fourth-order valence-corrected chi connectivity index (χ4v) is 3.49. The quantitative estimate of drug-likeness (QED) is 0.711. The Labute approximate surface area is 147 Å². The molecule has 1 fully saturated rings. The third-order valence-electron chi connectivity index (χ3n) is 4.93. The van der Waals surface area contributed by atoms with Crippen LogP contribution in [0.4, 0.5) is 0 Å². The molecule has 0 atom stereocenters. The maximum atomic E-state index is 4.30. The summed E-state index contributed by atoms with van der Waals surface area (Å²) in [5, 5.41) is 16.6. The van der Waals surface area contributed by atoms with Crippen LogP contribution in [0.25, 0.3) is 0 Å². The summed E-state index contributed by atoms with van der Waals surface area (Å²) in [6, 6.07) is 10.3. The maximum Gasteiger partial charge on any atom is 0.165 e. The van der Waals surface area contributed by atoms with E-state index in [4.69, 9.17) is 0 Å². The van der Waals surface area contributed by atoms with Gasteiger partial charge in [0.1, 0.15) is 0 Å². The zero-order chi connectivity index (χ0) is 17.1. The SMILES string of the molecule is Cn1cc(C2CCN(Cc3nnnn3Cc3ccccc3)CC2)cn1. The number of likely N-dealkylation sites (tertiary alicyclic amines) is 1. The largest absolute Gasteiger partial charge is 0.296 e. The number of piperidine rings is 1. The van der Waals surface area contributed by atoms with E-state index in [0.717, 1.165) is 44.8 Å². The van der Waals surface area contributed by atoms with Gasteiger partial charge in [0.25, 0.3) is 0 Å². The molecule has 0 aliphatic carbocycles. The first kappa shape index (κ1) is 16.0. The van der Waals surface area contributed by atoms with E-state index in [1.807, 2.05) is 40.8 Å². The monoisotopic (exact) mass is 337 g/mol. The lowest BCUT2D eigenvalue weighted by molar-refractivity contribution is 0.197. The predicted octanol–water partition coefficient (Wildman–Crippen LogP) is 1.83. The summed E-state index contributed by atoms with van der Waals surface area (Å²) in [5.41, 5.74) is 2.57. The molecule has 0 saturated carbocycles. The molecule has 0 spiro atoms. The molecule has 0 bridgehead atoms. The Balaban J connectivity index is 1.35. The van der Waals surface area contributed by atoms with Crippen molar-refractivity contribution in [3.8, 4) is 0 Å². The van der Waals surface area contributed by atoms with Gasteiger partial charge in [-0.15, -0.1) is 5.10 Å². The molecule has 2 aromatic heterocycles. The van der Waals surface area contributed by atoms with Crippen LogP contribution in [0.15, 0.2) is 42.7 Å². The van der Waals surface area contributed by atoms with Gasteiger partial charge in [-0.2, -0.15) is 5.10 Å². The highest BCUT2D eigenvalue weighted by Crippen LogP contribution is 2.28. The summed E-state index contributed by atoms with van der Waals surface area (Å²) in [7, 11) is 1.98. The fraction of sp³-hybridized carbons (Fsp3) is 0.444. The van der Waals surface area contributed by atoms with Crippen LogP contribution in [0.1, 0.15) is 35.7 Å². The lowest BCUT2D eigenvalue weighted by Crippen LogP contribution is -2.33. The summed E-state index contributed by atoms with van der Waals surface area (Å²) in [6.07, 6.45) is 6.46. The standard InChI is InChI=1S/C18H23N7/c1-23-13-17(11-19-23)16-7-9-24(10-8-16)14-18-20-21-22-25(18)12-15-5-3-2-4-6-15/h2-6,11,13,16H,7-10,12,14H2,1H3. The molecule has 1 aliphatic heterocycles. The first-order valence-corrected chi connectivity index (χ1v) is 8.78. The van der Waals surface area contributed by atoms with Gasteiger partial charge in [0.2, 0.25) is 0 Å². The van der Waals surface area contributed by atoms with Crippen LogP contribution >= 0.6 is 0 Å². The Morgan fingerprint density at radius 2 is 1.88 bits per heavy atom. The Morgan fingerprint density at radius 1 is 1.08 bits per heavy atom. The molecule has 3 aromatic rings. The van der Waals surface area contributed by atoms with Crippen LogP contribution in [0, 0.1) is 0 Å². The van der Waals surface area contributed by atoms with Gasteiger partial charge in [-0.3, -0.25) is 9.58 Å². The topological polar surface area (TPSA) is 64.7 Å². The smallest absolute Gasteiger partial charge is 0.165 e. The molecule has 0 N–H and O–H groups in total. The molecule has 3 heterocycles.